The molecular weight excluding hydrogens is 292 g/mol. The first-order chi connectivity index (χ1) is 8.74. The highest BCUT2D eigenvalue weighted by molar-refractivity contribution is 9.10. The van der Waals surface area contributed by atoms with Gasteiger partial charge in [-0.05, 0) is 32.3 Å². The van der Waals surface area contributed by atoms with Gasteiger partial charge in [-0.2, -0.15) is 4.98 Å². The first kappa shape index (κ1) is 11.2. The van der Waals surface area contributed by atoms with Crippen molar-refractivity contribution in [1.29, 1.82) is 0 Å². The molecule has 1 heterocycles. The van der Waals surface area contributed by atoms with Crippen molar-refractivity contribution in [1.82, 2.24) is 14.8 Å². The van der Waals surface area contributed by atoms with Crippen LogP contribution in [-0.4, -0.2) is 14.8 Å². The Labute approximate surface area is 113 Å². The highest BCUT2D eigenvalue weighted by Crippen LogP contribution is 2.20. The van der Waals surface area contributed by atoms with Crippen molar-refractivity contribution in [3.05, 3.63) is 52.8 Å². The summed E-state index contributed by atoms with van der Waals surface area (Å²) in [4.78, 5) is 4.03. The molecule has 0 spiro atoms. The van der Waals surface area contributed by atoms with Crippen LogP contribution in [0.3, 0.4) is 0 Å². The minimum atomic E-state index is 0.280. The molecule has 0 aliphatic heterocycles. The number of anilines is 1. The van der Waals surface area contributed by atoms with Crippen molar-refractivity contribution in [2.24, 2.45) is 0 Å². The predicted octanol–water partition coefficient (Wildman–Crippen LogP) is 2.82. The number of hydrogen-bond donors (Lipinski definition) is 1. The summed E-state index contributed by atoms with van der Waals surface area (Å²) < 4.78 is 2.39. The van der Waals surface area contributed by atoms with E-state index in [4.69, 9.17) is 5.73 Å². The molecule has 1 aromatic heterocycles. The van der Waals surface area contributed by atoms with Gasteiger partial charge < -0.3 is 5.73 Å². The molecule has 0 aliphatic rings. The summed E-state index contributed by atoms with van der Waals surface area (Å²) in [7, 11) is 0. The zero-order valence-corrected chi connectivity index (χ0v) is 11.1. The second-order valence-electron chi connectivity index (χ2n) is 4.03. The maximum Gasteiger partial charge on any atom is 0.240 e. The van der Waals surface area contributed by atoms with Crippen molar-refractivity contribution >= 4 is 32.7 Å². The fourth-order valence-electron chi connectivity index (χ4n) is 2.03. The Morgan fingerprint density at radius 3 is 2.67 bits per heavy atom. The molecule has 0 fully saturated rings. The van der Waals surface area contributed by atoms with Crippen molar-refractivity contribution in [2.75, 3.05) is 5.73 Å². The number of nitrogens with two attached hydrogens (primary N) is 1. The third-order valence-electron chi connectivity index (χ3n) is 2.84. The SMILES string of the molecule is Nc1nc(Br)n(Cc2cccc3ccccc23)n1. The standard InChI is InChI=1S/C13H11BrN4/c14-12-16-13(15)17-18(12)8-10-6-3-5-9-4-1-2-7-11(9)10/h1-7H,8H2,(H2,15,17). The van der Waals surface area contributed by atoms with Crippen LogP contribution in [0.2, 0.25) is 0 Å². The van der Waals surface area contributed by atoms with Crippen molar-refractivity contribution in [3.8, 4) is 0 Å². The van der Waals surface area contributed by atoms with Crippen molar-refractivity contribution < 1.29 is 0 Å². The minimum absolute atomic E-state index is 0.280. The molecule has 0 radical (unpaired) electrons. The van der Waals surface area contributed by atoms with Gasteiger partial charge in [-0.3, -0.25) is 0 Å². The quantitative estimate of drug-likeness (QED) is 0.792. The van der Waals surface area contributed by atoms with Crippen LogP contribution < -0.4 is 5.73 Å². The lowest BCUT2D eigenvalue weighted by atomic mass is 10.0. The summed E-state index contributed by atoms with van der Waals surface area (Å²) >= 11 is 3.35. The van der Waals surface area contributed by atoms with Crippen LogP contribution >= 0.6 is 15.9 Å². The van der Waals surface area contributed by atoms with Crippen LogP contribution in [0.4, 0.5) is 5.95 Å². The Bertz CT molecular complexity index is 700. The number of aromatic nitrogens is 3. The molecule has 3 aromatic rings. The first-order valence-corrected chi connectivity index (χ1v) is 6.36. The predicted molar refractivity (Wildman–Crippen MR) is 75.2 cm³/mol. The highest BCUT2D eigenvalue weighted by Gasteiger charge is 2.07. The van der Waals surface area contributed by atoms with Gasteiger partial charge in [0, 0.05) is 0 Å². The topological polar surface area (TPSA) is 56.7 Å². The lowest BCUT2D eigenvalue weighted by Gasteiger charge is -2.06. The third-order valence-corrected chi connectivity index (χ3v) is 3.43. The summed E-state index contributed by atoms with van der Waals surface area (Å²) in [5.41, 5.74) is 6.77. The molecule has 0 aliphatic carbocycles. The van der Waals surface area contributed by atoms with E-state index in [1.165, 1.54) is 16.3 Å². The largest absolute Gasteiger partial charge is 0.366 e. The van der Waals surface area contributed by atoms with Gasteiger partial charge in [0.15, 0.2) is 4.73 Å². The van der Waals surface area contributed by atoms with E-state index in [-0.39, 0.29) is 5.95 Å². The van der Waals surface area contributed by atoms with E-state index >= 15 is 0 Å². The van der Waals surface area contributed by atoms with Crippen molar-refractivity contribution in [3.63, 3.8) is 0 Å². The Morgan fingerprint density at radius 2 is 1.89 bits per heavy atom. The van der Waals surface area contributed by atoms with E-state index in [2.05, 4.69) is 50.3 Å². The van der Waals surface area contributed by atoms with Gasteiger partial charge in [0.25, 0.3) is 0 Å². The molecule has 0 unspecified atom stereocenters. The highest BCUT2D eigenvalue weighted by atomic mass is 79.9. The fourth-order valence-corrected chi connectivity index (χ4v) is 2.42. The zero-order chi connectivity index (χ0) is 12.5. The third kappa shape index (κ3) is 1.97. The number of hydrogen-bond acceptors (Lipinski definition) is 3. The molecule has 0 bridgehead atoms. The van der Waals surface area contributed by atoms with Crippen LogP contribution in [0.25, 0.3) is 10.8 Å². The van der Waals surface area contributed by atoms with Gasteiger partial charge in [0.1, 0.15) is 0 Å². The Kier molecular flexibility index (Phi) is 2.76. The van der Waals surface area contributed by atoms with Gasteiger partial charge in [-0.15, -0.1) is 5.10 Å². The number of rotatable bonds is 2. The maximum absolute atomic E-state index is 5.57. The average Bonchev–Trinajstić information content (AvgIpc) is 2.68. The van der Waals surface area contributed by atoms with Crippen LogP contribution in [0.1, 0.15) is 5.56 Å². The lowest BCUT2D eigenvalue weighted by molar-refractivity contribution is 0.673. The van der Waals surface area contributed by atoms with Gasteiger partial charge in [0.2, 0.25) is 5.95 Å². The lowest BCUT2D eigenvalue weighted by Crippen LogP contribution is -2.03. The number of fused-ring (bicyclic) bond motifs is 1. The summed E-state index contributed by atoms with van der Waals surface area (Å²) in [5.74, 6) is 0.280. The molecule has 0 atom stereocenters. The normalized spacial score (nSPS) is 10.9. The number of benzene rings is 2. The smallest absolute Gasteiger partial charge is 0.240 e. The van der Waals surface area contributed by atoms with Gasteiger partial charge in [0.05, 0.1) is 6.54 Å². The van der Waals surface area contributed by atoms with E-state index in [9.17, 15) is 0 Å². The Balaban J connectivity index is 2.07. The summed E-state index contributed by atoms with van der Waals surface area (Å²) in [6, 6.07) is 14.5. The number of nitrogens with zero attached hydrogens (tertiary/aromatic N) is 3. The van der Waals surface area contributed by atoms with Crippen LogP contribution in [-0.2, 0) is 6.54 Å². The van der Waals surface area contributed by atoms with Gasteiger partial charge in [-0.25, -0.2) is 4.68 Å². The fraction of sp³-hybridized carbons (Fsp3) is 0.0769. The molecule has 18 heavy (non-hydrogen) atoms. The molecule has 0 saturated carbocycles. The average molecular weight is 303 g/mol. The van der Waals surface area contributed by atoms with E-state index in [0.717, 1.165) is 0 Å². The molecule has 0 amide bonds. The monoisotopic (exact) mass is 302 g/mol. The number of nitrogen functional groups attached to an aromatic ring is 1. The maximum atomic E-state index is 5.57. The molecule has 0 saturated heterocycles. The van der Waals surface area contributed by atoms with E-state index < -0.39 is 0 Å². The molecule has 90 valence electrons. The first-order valence-electron chi connectivity index (χ1n) is 5.56. The van der Waals surface area contributed by atoms with E-state index in [1.54, 1.807) is 4.68 Å². The van der Waals surface area contributed by atoms with E-state index in [0.29, 0.717) is 11.3 Å². The van der Waals surface area contributed by atoms with Crippen molar-refractivity contribution in [2.45, 2.75) is 6.54 Å². The molecule has 2 aromatic carbocycles. The van der Waals surface area contributed by atoms with E-state index in [1.807, 2.05) is 18.2 Å². The molecule has 3 rings (SSSR count). The minimum Gasteiger partial charge on any atom is -0.366 e. The molecular formula is C13H11BrN4. The van der Waals surface area contributed by atoms with Gasteiger partial charge in [-0.1, -0.05) is 42.5 Å². The number of halogens is 1. The molecule has 2 N–H and O–H groups in total. The molecule has 5 heteroatoms. The Hall–Kier alpha value is -1.88. The molecule has 4 nitrogen and oxygen atoms in total. The van der Waals surface area contributed by atoms with Crippen LogP contribution in [0.5, 0.6) is 0 Å². The summed E-state index contributed by atoms with van der Waals surface area (Å²) in [6.07, 6.45) is 0. The zero-order valence-electron chi connectivity index (χ0n) is 9.55. The second kappa shape index (κ2) is 4.42. The summed E-state index contributed by atoms with van der Waals surface area (Å²) in [6.45, 7) is 0.645. The van der Waals surface area contributed by atoms with Crippen LogP contribution in [0.15, 0.2) is 47.2 Å². The second-order valence-corrected chi connectivity index (χ2v) is 4.74. The Morgan fingerprint density at radius 1 is 1.11 bits per heavy atom. The van der Waals surface area contributed by atoms with Crippen LogP contribution in [0, 0.1) is 0 Å². The summed E-state index contributed by atoms with van der Waals surface area (Å²) in [5, 5.41) is 6.59. The van der Waals surface area contributed by atoms with Gasteiger partial charge >= 0.3 is 0 Å².